The van der Waals surface area contributed by atoms with E-state index in [-0.39, 0.29) is 0 Å². The van der Waals surface area contributed by atoms with Gasteiger partial charge >= 0.3 is 0 Å². The van der Waals surface area contributed by atoms with Gasteiger partial charge in [0, 0.05) is 37.1 Å². The molecule has 6 aromatic carbocycles. The molecule has 9 aromatic rings. The molecule has 0 saturated heterocycles. The molecule has 0 amide bonds. The van der Waals surface area contributed by atoms with Crippen molar-refractivity contribution in [1.82, 2.24) is 9.55 Å². The van der Waals surface area contributed by atoms with Gasteiger partial charge in [-0.2, -0.15) is 0 Å². The molecule has 9 rings (SSSR count). The van der Waals surface area contributed by atoms with Crippen LogP contribution < -0.4 is 0 Å². The van der Waals surface area contributed by atoms with Crippen LogP contribution in [0.3, 0.4) is 0 Å². The van der Waals surface area contributed by atoms with Crippen LogP contribution in [0.25, 0.3) is 80.1 Å². The Kier molecular flexibility index (Phi) is 3.96. The minimum absolute atomic E-state index is 0.940. The zero-order valence-corrected chi connectivity index (χ0v) is 21.2. The van der Waals surface area contributed by atoms with Gasteiger partial charge in [-0.1, -0.05) is 66.7 Å². The topological polar surface area (TPSA) is 17.8 Å². The van der Waals surface area contributed by atoms with Crippen molar-refractivity contribution in [1.29, 1.82) is 0 Å². The molecule has 0 unspecified atom stereocenters. The van der Waals surface area contributed by atoms with E-state index in [4.69, 9.17) is 4.98 Å². The highest BCUT2D eigenvalue weighted by Gasteiger charge is 2.17. The zero-order chi connectivity index (χ0) is 24.8. The van der Waals surface area contributed by atoms with Crippen molar-refractivity contribution >= 4 is 85.6 Å². The van der Waals surface area contributed by atoms with Crippen LogP contribution in [-0.4, -0.2) is 9.55 Å². The number of hydrogen-bond acceptors (Lipinski definition) is 2. The Morgan fingerprint density at radius 1 is 0.421 bits per heavy atom. The highest BCUT2D eigenvalue weighted by molar-refractivity contribution is 7.25. The molecule has 0 fully saturated rings. The minimum atomic E-state index is 0.940. The predicted molar refractivity (Wildman–Crippen MR) is 164 cm³/mol. The number of benzene rings is 6. The summed E-state index contributed by atoms with van der Waals surface area (Å²) in [4.78, 5) is 4.74. The van der Waals surface area contributed by atoms with Crippen molar-refractivity contribution in [2.24, 2.45) is 0 Å². The first-order chi connectivity index (χ1) is 18.8. The SMILES string of the molecule is c1ccc(-n2c3ccccc3c3cc4c5ccccc5c5cc6c(cc5c4cc32)sc2ccccc26)nc1. The fourth-order valence-electron chi connectivity index (χ4n) is 6.36. The third kappa shape index (κ3) is 2.64. The second kappa shape index (κ2) is 7.41. The van der Waals surface area contributed by atoms with Crippen LogP contribution >= 0.6 is 11.3 Å². The van der Waals surface area contributed by atoms with Gasteiger partial charge in [-0.05, 0) is 80.8 Å². The summed E-state index contributed by atoms with van der Waals surface area (Å²) in [5, 5.41) is 13.0. The summed E-state index contributed by atoms with van der Waals surface area (Å²) in [6, 6.07) is 42.1. The first-order valence-electron chi connectivity index (χ1n) is 12.9. The van der Waals surface area contributed by atoms with E-state index in [1.165, 1.54) is 74.3 Å². The molecule has 0 aliphatic carbocycles. The minimum Gasteiger partial charge on any atom is -0.294 e. The molecule has 0 spiro atoms. The first-order valence-corrected chi connectivity index (χ1v) is 13.7. The van der Waals surface area contributed by atoms with Gasteiger partial charge in [0.15, 0.2) is 0 Å². The second-order valence-corrected chi connectivity index (χ2v) is 11.1. The van der Waals surface area contributed by atoms with Crippen molar-refractivity contribution in [2.75, 3.05) is 0 Å². The van der Waals surface area contributed by atoms with Gasteiger partial charge in [0.2, 0.25) is 0 Å². The molecular weight excluding hydrogens is 480 g/mol. The number of nitrogens with zero attached hydrogens (tertiary/aromatic N) is 2. The lowest BCUT2D eigenvalue weighted by Gasteiger charge is -2.12. The molecule has 3 aromatic heterocycles. The van der Waals surface area contributed by atoms with Crippen LogP contribution in [0.1, 0.15) is 0 Å². The van der Waals surface area contributed by atoms with Crippen molar-refractivity contribution in [3.05, 3.63) is 121 Å². The third-order valence-corrected chi connectivity index (χ3v) is 9.14. The normalized spacial score (nSPS) is 12.2. The van der Waals surface area contributed by atoms with Crippen molar-refractivity contribution in [2.45, 2.75) is 0 Å². The van der Waals surface area contributed by atoms with Gasteiger partial charge < -0.3 is 0 Å². The van der Waals surface area contributed by atoms with E-state index in [1.54, 1.807) is 0 Å². The average molecular weight is 501 g/mol. The van der Waals surface area contributed by atoms with Gasteiger partial charge in [0.25, 0.3) is 0 Å². The number of para-hydroxylation sites is 1. The summed E-state index contributed by atoms with van der Waals surface area (Å²) in [6.07, 6.45) is 1.87. The van der Waals surface area contributed by atoms with Crippen LogP contribution in [-0.2, 0) is 0 Å². The Balaban J connectivity index is 1.54. The van der Waals surface area contributed by atoms with Crippen molar-refractivity contribution in [3.63, 3.8) is 0 Å². The van der Waals surface area contributed by atoms with Crippen LogP contribution in [0.5, 0.6) is 0 Å². The van der Waals surface area contributed by atoms with Gasteiger partial charge in [-0.25, -0.2) is 4.98 Å². The van der Waals surface area contributed by atoms with Gasteiger partial charge in [-0.3, -0.25) is 4.57 Å². The first kappa shape index (κ1) is 20.3. The lowest BCUT2D eigenvalue weighted by Crippen LogP contribution is -1.96. The highest BCUT2D eigenvalue weighted by Crippen LogP contribution is 2.44. The summed E-state index contributed by atoms with van der Waals surface area (Å²) in [7, 11) is 0. The predicted octanol–water partition coefficient (Wildman–Crippen LogP) is 10.0. The van der Waals surface area contributed by atoms with E-state index in [2.05, 4.69) is 114 Å². The Hall–Kier alpha value is -4.73. The summed E-state index contributed by atoms with van der Waals surface area (Å²) in [5.41, 5.74) is 2.36. The molecule has 0 atom stereocenters. The summed E-state index contributed by atoms with van der Waals surface area (Å²) in [5.74, 6) is 0.940. The Labute approximate surface area is 222 Å². The Morgan fingerprint density at radius 3 is 1.84 bits per heavy atom. The van der Waals surface area contributed by atoms with Crippen LogP contribution in [0.15, 0.2) is 121 Å². The number of fused-ring (bicyclic) bond motifs is 12. The summed E-state index contributed by atoms with van der Waals surface area (Å²) < 4.78 is 4.98. The van der Waals surface area contributed by atoms with E-state index in [1.807, 2.05) is 23.6 Å². The zero-order valence-electron chi connectivity index (χ0n) is 20.3. The fraction of sp³-hybridized carbons (Fsp3) is 0. The number of thiophene rings is 1. The van der Waals surface area contributed by atoms with Crippen LogP contribution in [0.4, 0.5) is 0 Å². The van der Waals surface area contributed by atoms with Crippen LogP contribution in [0, 0.1) is 0 Å². The van der Waals surface area contributed by atoms with Crippen molar-refractivity contribution < 1.29 is 0 Å². The molecule has 3 heteroatoms. The number of aromatic nitrogens is 2. The number of pyridine rings is 1. The quantitative estimate of drug-likeness (QED) is 0.205. The summed E-state index contributed by atoms with van der Waals surface area (Å²) in [6.45, 7) is 0. The Bertz CT molecular complexity index is 2390. The van der Waals surface area contributed by atoms with E-state index in [9.17, 15) is 0 Å². The molecule has 0 aliphatic rings. The second-order valence-electron chi connectivity index (χ2n) is 9.99. The fourth-order valence-corrected chi connectivity index (χ4v) is 7.49. The molecular formula is C35H20N2S. The largest absolute Gasteiger partial charge is 0.294 e. The molecule has 0 aliphatic heterocycles. The molecule has 2 nitrogen and oxygen atoms in total. The van der Waals surface area contributed by atoms with Crippen molar-refractivity contribution in [3.8, 4) is 5.82 Å². The van der Waals surface area contributed by atoms with E-state index >= 15 is 0 Å². The monoisotopic (exact) mass is 500 g/mol. The average Bonchev–Trinajstić information content (AvgIpc) is 3.51. The maximum Gasteiger partial charge on any atom is 0.137 e. The summed E-state index contributed by atoms with van der Waals surface area (Å²) >= 11 is 1.88. The highest BCUT2D eigenvalue weighted by atomic mass is 32.1. The van der Waals surface area contributed by atoms with Crippen LogP contribution in [0.2, 0.25) is 0 Å². The van der Waals surface area contributed by atoms with Gasteiger partial charge in [-0.15, -0.1) is 11.3 Å². The van der Waals surface area contributed by atoms with E-state index in [0.29, 0.717) is 0 Å². The molecule has 0 radical (unpaired) electrons. The van der Waals surface area contributed by atoms with E-state index in [0.717, 1.165) is 5.82 Å². The standard InChI is InChI=1S/C35H20N2S/c1-2-10-22-21(9-1)25-17-29-23-11-3-5-13-31(23)37(35-15-7-8-16-36-35)32(29)19-27(25)28-20-34-30(18-26(22)28)24-12-4-6-14-33(24)38-34/h1-20H. The van der Waals surface area contributed by atoms with E-state index < -0.39 is 0 Å². The molecule has 0 saturated carbocycles. The molecule has 38 heavy (non-hydrogen) atoms. The molecule has 0 N–H and O–H groups in total. The number of hydrogen-bond donors (Lipinski definition) is 0. The third-order valence-electron chi connectivity index (χ3n) is 8.00. The molecule has 176 valence electrons. The number of rotatable bonds is 1. The molecule has 0 bridgehead atoms. The Morgan fingerprint density at radius 2 is 1.05 bits per heavy atom. The lowest BCUT2D eigenvalue weighted by molar-refractivity contribution is 1.08. The maximum absolute atomic E-state index is 4.74. The lowest BCUT2D eigenvalue weighted by atomic mass is 9.92. The van der Waals surface area contributed by atoms with Gasteiger partial charge in [0.05, 0.1) is 11.0 Å². The smallest absolute Gasteiger partial charge is 0.137 e. The van der Waals surface area contributed by atoms with Gasteiger partial charge in [0.1, 0.15) is 5.82 Å². The maximum atomic E-state index is 4.74. The molecule has 3 heterocycles.